The van der Waals surface area contributed by atoms with E-state index in [1.165, 1.54) is 0 Å². The van der Waals surface area contributed by atoms with E-state index in [4.69, 9.17) is 24.7 Å². The molecule has 0 aliphatic heterocycles. The van der Waals surface area contributed by atoms with Crippen LogP contribution < -0.4 is 4.89 Å². The van der Waals surface area contributed by atoms with Crippen LogP contribution in [0.2, 0.25) is 0 Å². The number of esters is 1. The van der Waals surface area contributed by atoms with Crippen LogP contribution in [0.25, 0.3) is 0 Å². The van der Waals surface area contributed by atoms with Crippen LogP contribution in [0, 0.1) is 5.41 Å². The summed E-state index contributed by atoms with van der Waals surface area (Å²) in [6, 6.07) is 3.35. The van der Waals surface area contributed by atoms with Gasteiger partial charge in [-0.1, -0.05) is 6.92 Å². The van der Waals surface area contributed by atoms with Crippen molar-refractivity contribution in [2.45, 2.75) is 33.6 Å². The van der Waals surface area contributed by atoms with E-state index >= 15 is 0 Å². The first kappa shape index (κ1) is 20.4. The second kappa shape index (κ2) is 9.03. The van der Waals surface area contributed by atoms with Gasteiger partial charge in [-0.15, -0.1) is 0 Å². The summed E-state index contributed by atoms with van der Waals surface area (Å²) in [7, 11) is 0. The third-order valence-corrected chi connectivity index (χ3v) is 3.65. The van der Waals surface area contributed by atoms with Gasteiger partial charge in [-0.05, 0) is 38.5 Å². The van der Waals surface area contributed by atoms with Crippen molar-refractivity contribution in [2.75, 3.05) is 13.2 Å². The van der Waals surface area contributed by atoms with Crippen LogP contribution >= 0.6 is 0 Å². The molecule has 0 fully saturated rings. The summed E-state index contributed by atoms with van der Waals surface area (Å²) in [5, 5.41) is 18.0. The van der Waals surface area contributed by atoms with Gasteiger partial charge in [0.25, 0.3) is 0 Å². The lowest BCUT2D eigenvalue weighted by Crippen LogP contribution is -2.26. The van der Waals surface area contributed by atoms with Gasteiger partial charge in [-0.2, -0.15) is 4.89 Å². The molecular weight excluding hydrogens is 332 g/mol. The van der Waals surface area contributed by atoms with Crippen molar-refractivity contribution < 1.29 is 39.1 Å². The molecular formula is C17H22O8. The first-order valence-electron chi connectivity index (χ1n) is 7.76. The largest absolute Gasteiger partial charge is 0.478 e. The topological polar surface area (TPSA) is 119 Å². The Hall–Kier alpha value is -2.61. The first-order chi connectivity index (χ1) is 11.7. The predicted molar refractivity (Wildman–Crippen MR) is 86.6 cm³/mol. The zero-order chi connectivity index (χ0) is 19.0. The molecule has 2 N–H and O–H groups in total. The van der Waals surface area contributed by atoms with Crippen molar-refractivity contribution in [1.29, 1.82) is 0 Å². The van der Waals surface area contributed by atoms with Crippen molar-refractivity contribution in [3.05, 3.63) is 29.3 Å². The Kier molecular flexibility index (Phi) is 7.38. The number of carboxylic acids is 2. The molecule has 25 heavy (non-hydrogen) atoms. The zero-order valence-electron chi connectivity index (χ0n) is 14.4. The summed E-state index contributed by atoms with van der Waals surface area (Å²) in [4.78, 5) is 43.6. The molecule has 0 saturated heterocycles. The number of carboxylic acid groups (broad SMARTS) is 2. The number of rotatable bonds is 10. The van der Waals surface area contributed by atoms with Crippen LogP contribution in [0.4, 0.5) is 0 Å². The van der Waals surface area contributed by atoms with Gasteiger partial charge in [0.15, 0.2) is 5.75 Å². The molecule has 8 nitrogen and oxygen atoms in total. The summed E-state index contributed by atoms with van der Waals surface area (Å²) in [5.74, 6) is -3.01. The van der Waals surface area contributed by atoms with Crippen molar-refractivity contribution in [3.63, 3.8) is 0 Å². The predicted octanol–water partition coefficient (Wildman–Crippen LogP) is 2.76. The van der Waals surface area contributed by atoms with Crippen molar-refractivity contribution in [1.82, 2.24) is 0 Å². The Morgan fingerprint density at radius 2 is 1.76 bits per heavy atom. The second-order valence-corrected chi connectivity index (χ2v) is 5.95. The molecule has 1 aromatic rings. The minimum absolute atomic E-state index is 0.0379. The van der Waals surface area contributed by atoms with Crippen molar-refractivity contribution in [3.8, 4) is 5.75 Å². The zero-order valence-corrected chi connectivity index (χ0v) is 14.4. The third kappa shape index (κ3) is 6.07. The van der Waals surface area contributed by atoms with Gasteiger partial charge in [-0.25, -0.2) is 9.59 Å². The molecule has 0 aliphatic rings. The molecule has 0 unspecified atom stereocenters. The quantitative estimate of drug-likeness (QED) is 0.285. The molecule has 8 heteroatoms. The molecule has 1 rings (SSSR count). The number of carbonyl (C=O) groups is 3. The fourth-order valence-electron chi connectivity index (χ4n) is 1.63. The monoisotopic (exact) mass is 354 g/mol. The minimum atomic E-state index is -1.27. The molecule has 0 aromatic heterocycles. The Labute approximate surface area is 145 Å². The molecule has 0 heterocycles. The maximum absolute atomic E-state index is 11.8. The molecule has 0 bridgehead atoms. The highest BCUT2D eigenvalue weighted by Crippen LogP contribution is 2.22. The van der Waals surface area contributed by atoms with Crippen molar-refractivity contribution in [2.24, 2.45) is 5.41 Å². The van der Waals surface area contributed by atoms with Crippen LogP contribution in [-0.4, -0.2) is 41.3 Å². The van der Waals surface area contributed by atoms with Gasteiger partial charge in [-0.3, -0.25) is 4.79 Å². The van der Waals surface area contributed by atoms with Crippen molar-refractivity contribution >= 4 is 17.9 Å². The number of hydrogen-bond acceptors (Lipinski definition) is 6. The third-order valence-electron chi connectivity index (χ3n) is 3.65. The van der Waals surface area contributed by atoms with Gasteiger partial charge in [0.2, 0.25) is 0 Å². The highest BCUT2D eigenvalue weighted by atomic mass is 17.2. The van der Waals surface area contributed by atoms with E-state index in [-0.39, 0.29) is 36.1 Å². The summed E-state index contributed by atoms with van der Waals surface area (Å²) in [6.45, 7) is 5.64. The van der Waals surface area contributed by atoms with E-state index in [1.54, 1.807) is 13.8 Å². The van der Waals surface area contributed by atoms with Crippen LogP contribution in [0.3, 0.4) is 0 Å². The second-order valence-electron chi connectivity index (χ2n) is 5.95. The lowest BCUT2D eigenvalue weighted by molar-refractivity contribution is -0.209. The molecule has 0 spiro atoms. The van der Waals surface area contributed by atoms with Crippen LogP contribution in [0.1, 0.15) is 54.3 Å². The fourth-order valence-corrected chi connectivity index (χ4v) is 1.63. The molecule has 0 amide bonds. The van der Waals surface area contributed by atoms with Crippen LogP contribution in [-0.2, 0) is 14.4 Å². The molecule has 0 saturated carbocycles. The van der Waals surface area contributed by atoms with Gasteiger partial charge in [0.05, 0.1) is 24.2 Å². The highest BCUT2D eigenvalue weighted by Gasteiger charge is 2.26. The van der Waals surface area contributed by atoms with E-state index in [0.717, 1.165) is 18.2 Å². The normalized spacial score (nSPS) is 11.0. The summed E-state index contributed by atoms with van der Waals surface area (Å²) in [6.07, 6.45) is 0.996. The molecule has 0 aliphatic carbocycles. The Morgan fingerprint density at radius 3 is 2.32 bits per heavy atom. The summed E-state index contributed by atoms with van der Waals surface area (Å²) in [5.41, 5.74) is -0.897. The Balaban J connectivity index is 2.48. The highest BCUT2D eigenvalue weighted by molar-refractivity contribution is 5.94. The maximum atomic E-state index is 11.8. The van der Waals surface area contributed by atoms with E-state index in [1.807, 2.05) is 6.92 Å². The van der Waals surface area contributed by atoms with Gasteiger partial charge < -0.3 is 19.8 Å². The number of benzene rings is 1. The maximum Gasteiger partial charge on any atom is 0.339 e. The van der Waals surface area contributed by atoms with E-state index in [2.05, 4.69) is 0 Å². The van der Waals surface area contributed by atoms with E-state index in [9.17, 15) is 14.4 Å². The number of hydrogen-bond donors (Lipinski definition) is 2. The van der Waals surface area contributed by atoms with E-state index < -0.39 is 17.4 Å². The van der Waals surface area contributed by atoms with Gasteiger partial charge in [0, 0.05) is 6.42 Å². The SMILES string of the molecule is CCC(C)(C)C(=O)OCCCOOc1cc(C(=O)O)ccc1C(=O)O. The van der Waals surface area contributed by atoms with Crippen LogP contribution in [0.5, 0.6) is 5.75 Å². The number of ether oxygens (including phenoxy) is 1. The molecule has 138 valence electrons. The summed E-state index contributed by atoms with van der Waals surface area (Å²) >= 11 is 0. The average molecular weight is 354 g/mol. The molecule has 0 radical (unpaired) electrons. The van der Waals surface area contributed by atoms with Gasteiger partial charge >= 0.3 is 17.9 Å². The lowest BCUT2D eigenvalue weighted by atomic mass is 9.91. The first-order valence-corrected chi connectivity index (χ1v) is 7.76. The number of carbonyl (C=O) groups excluding carboxylic acids is 1. The smallest absolute Gasteiger partial charge is 0.339 e. The lowest BCUT2D eigenvalue weighted by Gasteiger charge is -2.20. The number of aromatic carboxylic acids is 2. The standard InChI is InChI=1S/C17H22O8/c1-4-17(2,3)16(22)23-8-5-9-24-25-13-10-11(14(18)19)6-7-12(13)15(20)21/h6-7,10H,4-5,8-9H2,1-3H3,(H,18,19)(H,20,21). The Bertz CT molecular complexity index is 636. The molecule has 0 atom stereocenters. The fraction of sp³-hybridized carbons (Fsp3) is 0.471. The Morgan fingerprint density at radius 1 is 1.08 bits per heavy atom. The van der Waals surface area contributed by atoms with E-state index in [0.29, 0.717) is 12.8 Å². The average Bonchev–Trinajstić information content (AvgIpc) is 2.57. The molecule has 1 aromatic carbocycles. The summed E-state index contributed by atoms with van der Waals surface area (Å²) < 4.78 is 5.12. The minimum Gasteiger partial charge on any atom is -0.478 e. The van der Waals surface area contributed by atoms with Crippen LogP contribution in [0.15, 0.2) is 18.2 Å². The van der Waals surface area contributed by atoms with Gasteiger partial charge in [0.1, 0.15) is 5.56 Å².